The van der Waals surface area contributed by atoms with Gasteiger partial charge in [0.1, 0.15) is 5.75 Å². The van der Waals surface area contributed by atoms with E-state index in [1.165, 1.54) is 11.1 Å². The number of hydrogen-bond donors (Lipinski definition) is 1. The van der Waals surface area contributed by atoms with Gasteiger partial charge in [0, 0.05) is 6.04 Å². The number of hydrogen-bond acceptors (Lipinski definition) is 2. The van der Waals surface area contributed by atoms with Crippen molar-refractivity contribution >= 4 is 0 Å². The minimum atomic E-state index is 0.326. The molecule has 0 heterocycles. The molecule has 0 bridgehead atoms. The Balaban J connectivity index is 2.59. The van der Waals surface area contributed by atoms with Gasteiger partial charge in [0.25, 0.3) is 0 Å². The molecule has 0 radical (unpaired) electrons. The van der Waals surface area contributed by atoms with Crippen LogP contribution in [-0.4, -0.2) is 13.2 Å². The van der Waals surface area contributed by atoms with Gasteiger partial charge in [-0.15, -0.1) is 0 Å². The molecule has 2 heteroatoms. The highest BCUT2D eigenvalue weighted by atomic mass is 16.5. The number of ether oxygens (including phenoxy) is 1. The van der Waals surface area contributed by atoms with Crippen molar-refractivity contribution < 1.29 is 4.74 Å². The van der Waals surface area contributed by atoms with Crippen LogP contribution in [-0.2, 0) is 0 Å². The van der Waals surface area contributed by atoms with Crippen molar-refractivity contribution in [3.05, 3.63) is 29.3 Å². The molecular weight excluding hydrogens is 246 g/mol. The van der Waals surface area contributed by atoms with E-state index < -0.39 is 0 Å². The van der Waals surface area contributed by atoms with E-state index >= 15 is 0 Å². The topological polar surface area (TPSA) is 21.3 Å². The molecule has 0 aliphatic rings. The standard InChI is InChI=1S/C18H31NO/c1-7-11-19-15(3)16-8-9-17(14(2)13-16)20-12-10-18(4,5)6/h8-9,13,15,19H,7,10-12H2,1-6H3. The van der Waals surface area contributed by atoms with E-state index in [2.05, 4.69) is 65.1 Å². The van der Waals surface area contributed by atoms with Gasteiger partial charge in [-0.3, -0.25) is 0 Å². The van der Waals surface area contributed by atoms with Gasteiger partial charge in [-0.25, -0.2) is 0 Å². The second kappa shape index (κ2) is 7.68. The van der Waals surface area contributed by atoms with Gasteiger partial charge in [-0.2, -0.15) is 0 Å². The van der Waals surface area contributed by atoms with E-state index in [0.29, 0.717) is 11.5 Å². The summed E-state index contributed by atoms with van der Waals surface area (Å²) in [6.45, 7) is 15.1. The van der Waals surface area contributed by atoms with Crippen molar-refractivity contribution in [3.63, 3.8) is 0 Å². The Morgan fingerprint density at radius 1 is 1.25 bits per heavy atom. The van der Waals surface area contributed by atoms with Crippen molar-refractivity contribution in [2.75, 3.05) is 13.2 Å². The zero-order valence-electron chi connectivity index (χ0n) is 14.0. The molecular formula is C18H31NO. The lowest BCUT2D eigenvalue weighted by Crippen LogP contribution is -2.19. The van der Waals surface area contributed by atoms with Crippen molar-refractivity contribution in [1.29, 1.82) is 0 Å². The van der Waals surface area contributed by atoms with E-state index in [0.717, 1.165) is 31.7 Å². The van der Waals surface area contributed by atoms with Crippen LogP contribution in [0.3, 0.4) is 0 Å². The second-order valence-electron chi connectivity index (χ2n) is 6.86. The molecule has 1 N–H and O–H groups in total. The highest BCUT2D eigenvalue weighted by Crippen LogP contribution is 2.24. The summed E-state index contributed by atoms with van der Waals surface area (Å²) in [5.41, 5.74) is 2.88. The van der Waals surface area contributed by atoms with Crippen LogP contribution in [0.5, 0.6) is 5.75 Å². The second-order valence-corrected chi connectivity index (χ2v) is 6.86. The van der Waals surface area contributed by atoms with Crippen LogP contribution in [0.15, 0.2) is 18.2 Å². The molecule has 1 rings (SSSR count). The van der Waals surface area contributed by atoms with Crippen LogP contribution in [0.2, 0.25) is 0 Å². The first-order chi connectivity index (χ1) is 9.33. The summed E-state index contributed by atoms with van der Waals surface area (Å²) in [6.07, 6.45) is 2.24. The smallest absolute Gasteiger partial charge is 0.122 e. The molecule has 1 aromatic carbocycles. The highest BCUT2D eigenvalue weighted by molar-refractivity contribution is 5.37. The van der Waals surface area contributed by atoms with E-state index in [1.807, 2.05) is 0 Å². The van der Waals surface area contributed by atoms with Gasteiger partial charge in [-0.05, 0) is 55.8 Å². The number of aryl methyl sites for hydroxylation is 1. The molecule has 0 amide bonds. The van der Waals surface area contributed by atoms with Crippen molar-refractivity contribution in [3.8, 4) is 5.75 Å². The summed E-state index contributed by atoms with van der Waals surface area (Å²) in [6, 6.07) is 6.92. The van der Waals surface area contributed by atoms with E-state index in [9.17, 15) is 0 Å². The predicted molar refractivity (Wildman–Crippen MR) is 87.5 cm³/mol. The summed E-state index contributed by atoms with van der Waals surface area (Å²) in [5, 5.41) is 3.52. The summed E-state index contributed by atoms with van der Waals surface area (Å²) < 4.78 is 5.91. The first kappa shape index (κ1) is 17.0. The van der Waals surface area contributed by atoms with Gasteiger partial charge >= 0.3 is 0 Å². The third-order valence-corrected chi connectivity index (χ3v) is 3.51. The molecule has 114 valence electrons. The molecule has 0 aliphatic heterocycles. The first-order valence-corrected chi connectivity index (χ1v) is 7.80. The molecule has 1 aromatic rings. The van der Waals surface area contributed by atoms with Crippen LogP contribution in [0.25, 0.3) is 0 Å². The van der Waals surface area contributed by atoms with Gasteiger partial charge < -0.3 is 10.1 Å². The molecule has 0 saturated heterocycles. The number of benzene rings is 1. The fourth-order valence-electron chi connectivity index (χ4n) is 2.05. The Labute approximate surface area is 124 Å². The number of rotatable bonds is 7. The van der Waals surface area contributed by atoms with Crippen LogP contribution >= 0.6 is 0 Å². The molecule has 1 atom stereocenters. The normalized spacial score (nSPS) is 13.3. The third-order valence-electron chi connectivity index (χ3n) is 3.51. The Morgan fingerprint density at radius 3 is 2.50 bits per heavy atom. The highest BCUT2D eigenvalue weighted by Gasteiger charge is 2.11. The molecule has 0 spiro atoms. The van der Waals surface area contributed by atoms with Crippen molar-refractivity contribution in [2.45, 2.75) is 60.4 Å². The average molecular weight is 277 g/mol. The van der Waals surface area contributed by atoms with Crippen LogP contribution < -0.4 is 10.1 Å². The SMILES string of the molecule is CCCNC(C)c1ccc(OCCC(C)(C)C)c(C)c1. The van der Waals surface area contributed by atoms with Crippen molar-refractivity contribution in [1.82, 2.24) is 5.32 Å². The van der Waals surface area contributed by atoms with Crippen molar-refractivity contribution in [2.24, 2.45) is 5.41 Å². The summed E-state index contributed by atoms with van der Waals surface area (Å²) in [4.78, 5) is 0. The predicted octanol–water partition coefficient (Wildman–Crippen LogP) is 4.87. The first-order valence-electron chi connectivity index (χ1n) is 7.80. The van der Waals surface area contributed by atoms with E-state index in [-0.39, 0.29) is 0 Å². The third kappa shape index (κ3) is 5.96. The van der Waals surface area contributed by atoms with Crippen LogP contribution in [0.4, 0.5) is 0 Å². The summed E-state index contributed by atoms with van der Waals surface area (Å²) >= 11 is 0. The maximum atomic E-state index is 5.91. The Morgan fingerprint density at radius 2 is 1.95 bits per heavy atom. The van der Waals surface area contributed by atoms with Gasteiger partial charge in [0.2, 0.25) is 0 Å². The minimum Gasteiger partial charge on any atom is -0.493 e. The fraction of sp³-hybridized carbons (Fsp3) is 0.667. The largest absolute Gasteiger partial charge is 0.493 e. The zero-order chi connectivity index (χ0) is 15.2. The fourth-order valence-corrected chi connectivity index (χ4v) is 2.05. The Bertz CT molecular complexity index is 406. The lowest BCUT2D eigenvalue weighted by Gasteiger charge is -2.19. The number of nitrogens with one attached hydrogen (secondary N) is 1. The molecule has 2 nitrogen and oxygen atoms in total. The summed E-state index contributed by atoms with van der Waals surface area (Å²) in [5.74, 6) is 1.01. The average Bonchev–Trinajstić information content (AvgIpc) is 2.36. The molecule has 0 aliphatic carbocycles. The Hall–Kier alpha value is -1.02. The lowest BCUT2D eigenvalue weighted by atomic mass is 9.93. The zero-order valence-corrected chi connectivity index (χ0v) is 14.0. The maximum absolute atomic E-state index is 5.91. The van der Waals surface area contributed by atoms with Crippen LogP contribution in [0, 0.1) is 12.3 Å². The minimum absolute atomic E-state index is 0.326. The van der Waals surface area contributed by atoms with E-state index in [4.69, 9.17) is 4.74 Å². The molecule has 0 aromatic heterocycles. The molecule has 20 heavy (non-hydrogen) atoms. The summed E-state index contributed by atoms with van der Waals surface area (Å²) in [7, 11) is 0. The van der Waals surface area contributed by atoms with E-state index in [1.54, 1.807) is 0 Å². The van der Waals surface area contributed by atoms with Gasteiger partial charge in [0.05, 0.1) is 6.61 Å². The monoisotopic (exact) mass is 277 g/mol. The molecule has 0 saturated carbocycles. The molecule has 1 unspecified atom stereocenters. The lowest BCUT2D eigenvalue weighted by molar-refractivity contribution is 0.242. The molecule has 0 fully saturated rings. The van der Waals surface area contributed by atoms with Gasteiger partial charge in [-0.1, -0.05) is 39.8 Å². The quantitative estimate of drug-likeness (QED) is 0.767. The maximum Gasteiger partial charge on any atom is 0.122 e. The van der Waals surface area contributed by atoms with Crippen LogP contribution in [0.1, 0.15) is 64.6 Å². The Kier molecular flexibility index (Phi) is 6.54. The van der Waals surface area contributed by atoms with Gasteiger partial charge in [0.15, 0.2) is 0 Å².